The molecule has 3 radical (unpaired) electrons. The maximum atomic E-state index is 13.7. The summed E-state index contributed by atoms with van der Waals surface area (Å²) in [5, 5.41) is 10.7. The van der Waals surface area contributed by atoms with Crippen LogP contribution >= 0.6 is 0 Å². The third-order valence-electron chi connectivity index (χ3n) is 7.47. The van der Waals surface area contributed by atoms with Crippen LogP contribution in [0.1, 0.15) is 48.2 Å². The highest BCUT2D eigenvalue weighted by Gasteiger charge is 2.34. The van der Waals surface area contributed by atoms with E-state index in [9.17, 15) is 9.59 Å². The summed E-state index contributed by atoms with van der Waals surface area (Å²) in [5.41, 5.74) is 6.48. The molecule has 1 aliphatic rings. The average Bonchev–Trinajstić information content (AvgIpc) is 3.48. The Morgan fingerprint density at radius 3 is 2.69 bits per heavy atom. The molecule has 39 heavy (non-hydrogen) atoms. The Balaban J connectivity index is 1.33. The molecular formula is C30H29N6O2Si. The van der Waals surface area contributed by atoms with Crippen molar-refractivity contribution in [1.82, 2.24) is 24.5 Å². The molecule has 5 aromatic rings. The van der Waals surface area contributed by atoms with E-state index in [0.717, 1.165) is 46.9 Å². The number of carbonyl (C=O) groups is 2. The predicted molar refractivity (Wildman–Crippen MR) is 153 cm³/mol. The topological polar surface area (TPSA) is 93.3 Å². The minimum absolute atomic E-state index is 0.122. The summed E-state index contributed by atoms with van der Waals surface area (Å²) in [5.74, 6) is -0.143. The van der Waals surface area contributed by atoms with Gasteiger partial charge in [-0.1, -0.05) is 44.2 Å². The molecule has 6 rings (SSSR count). The summed E-state index contributed by atoms with van der Waals surface area (Å²) in [4.78, 5) is 30.2. The molecule has 0 spiro atoms. The zero-order valence-electron chi connectivity index (χ0n) is 22.2. The number of fused-ring (bicyclic) bond motifs is 3. The largest absolute Gasteiger partial charge is 0.350 e. The van der Waals surface area contributed by atoms with Crippen LogP contribution in [0.2, 0.25) is 0 Å². The first kappa shape index (κ1) is 25.1. The van der Waals surface area contributed by atoms with Crippen LogP contribution in [0, 0.1) is 5.92 Å². The van der Waals surface area contributed by atoms with Crippen molar-refractivity contribution in [3.8, 4) is 11.1 Å². The Morgan fingerprint density at radius 2 is 1.87 bits per heavy atom. The molecule has 3 aromatic heterocycles. The lowest BCUT2D eigenvalue weighted by Gasteiger charge is -2.37. The fourth-order valence-corrected chi connectivity index (χ4v) is 5.88. The van der Waals surface area contributed by atoms with Gasteiger partial charge < -0.3 is 9.88 Å². The van der Waals surface area contributed by atoms with Gasteiger partial charge in [0.1, 0.15) is 0 Å². The lowest BCUT2D eigenvalue weighted by molar-refractivity contribution is -0.118. The van der Waals surface area contributed by atoms with E-state index in [2.05, 4.69) is 43.1 Å². The summed E-state index contributed by atoms with van der Waals surface area (Å²) >= 11 is 0. The third kappa shape index (κ3) is 4.52. The normalized spacial score (nSPS) is 16.9. The van der Waals surface area contributed by atoms with Crippen molar-refractivity contribution in [2.75, 3.05) is 5.32 Å². The predicted octanol–water partition coefficient (Wildman–Crippen LogP) is 4.57. The maximum Gasteiger partial charge on any atom is 0.253 e. The number of benzene rings is 2. The highest BCUT2D eigenvalue weighted by Crippen LogP contribution is 2.34. The molecule has 1 atom stereocenters. The third-order valence-corrected chi connectivity index (χ3v) is 8.11. The lowest BCUT2D eigenvalue weighted by atomic mass is 9.86. The number of aryl methyl sites for hydroxylation is 2. The summed E-state index contributed by atoms with van der Waals surface area (Å²) in [7, 11) is 5.90. The van der Waals surface area contributed by atoms with Gasteiger partial charge in [0.15, 0.2) is 5.65 Å². The minimum atomic E-state index is -0.604. The molecule has 0 fully saturated rings. The van der Waals surface area contributed by atoms with Gasteiger partial charge in [0.25, 0.3) is 5.91 Å². The number of amides is 2. The number of hydrogen-bond acceptors (Lipinski definition) is 4. The van der Waals surface area contributed by atoms with Gasteiger partial charge in [-0.2, -0.15) is 4.98 Å². The van der Waals surface area contributed by atoms with Gasteiger partial charge in [0, 0.05) is 41.4 Å². The van der Waals surface area contributed by atoms with E-state index in [-0.39, 0.29) is 23.7 Å². The van der Waals surface area contributed by atoms with E-state index < -0.39 is 5.16 Å². The SMILES string of the molecule is CC(C)C(=O)Nc1nc2cc(-c3ccc4c(c3)c(C(=O)N[C@]3([Si])CCCc5ccccc53)cn4C)ccn2n1. The van der Waals surface area contributed by atoms with E-state index in [1.54, 1.807) is 4.52 Å². The summed E-state index contributed by atoms with van der Waals surface area (Å²) in [6.07, 6.45) is 6.53. The van der Waals surface area contributed by atoms with Crippen LogP contribution in [0.4, 0.5) is 5.95 Å². The number of anilines is 1. The molecule has 9 heteroatoms. The zero-order valence-corrected chi connectivity index (χ0v) is 23.2. The number of rotatable bonds is 5. The summed E-state index contributed by atoms with van der Waals surface area (Å²) < 4.78 is 3.62. The molecule has 2 N–H and O–H groups in total. The van der Waals surface area contributed by atoms with E-state index in [1.807, 2.05) is 80.3 Å². The van der Waals surface area contributed by atoms with Crippen LogP contribution in [-0.4, -0.2) is 41.2 Å². The van der Waals surface area contributed by atoms with E-state index in [4.69, 9.17) is 0 Å². The van der Waals surface area contributed by atoms with Crippen molar-refractivity contribution in [3.05, 3.63) is 83.7 Å². The first-order valence-electron chi connectivity index (χ1n) is 13.1. The molecule has 8 nitrogen and oxygen atoms in total. The molecule has 2 amide bonds. The Bertz CT molecular complexity index is 1750. The van der Waals surface area contributed by atoms with Gasteiger partial charge in [0.05, 0.1) is 15.8 Å². The summed E-state index contributed by atoms with van der Waals surface area (Å²) in [6.45, 7) is 3.65. The van der Waals surface area contributed by atoms with Crippen molar-refractivity contribution in [3.63, 3.8) is 0 Å². The van der Waals surface area contributed by atoms with Crippen molar-refractivity contribution in [2.45, 2.75) is 38.3 Å². The fraction of sp³-hybridized carbons (Fsp3) is 0.267. The monoisotopic (exact) mass is 533 g/mol. The molecule has 2 aromatic carbocycles. The number of carbonyl (C=O) groups excluding carboxylic acids is 2. The van der Waals surface area contributed by atoms with Gasteiger partial charge in [0.2, 0.25) is 11.9 Å². The van der Waals surface area contributed by atoms with E-state index >= 15 is 0 Å². The number of aromatic nitrogens is 4. The van der Waals surface area contributed by atoms with Gasteiger partial charge in [-0.3, -0.25) is 14.9 Å². The van der Waals surface area contributed by atoms with Crippen LogP contribution in [0.25, 0.3) is 27.7 Å². The lowest BCUT2D eigenvalue weighted by Crippen LogP contribution is -2.48. The van der Waals surface area contributed by atoms with Gasteiger partial charge >= 0.3 is 0 Å². The Hall–Kier alpha value is -4.24. The number of nitrogens with zero attached hydrogens (tertiary/aromatic N) is 4. The van der Waals surface area contributed by atoms with Crippen LogP contribution in [0.15, 0.2) is 67.0 Å². The Morgan fingerprint density at radius 1 is 1.08 bits per heavy atom. The molecule has 195 valence electrons. The highest BCUT2D eigenvalue weighted by molar-refractivity contribution is 6.19. The van der Waals surface area contributed by atoms with Crippen LogP contribution in [0.3, 0.4) is 0 Å². The second kappa shape index (κ2) is 9.50. The van der Waals surface area contributed by atoms with Gasteiger partial charge in [-0.05, 0) is 65.8 Å². The molecular weight excluding hydrogens is 504 g/mol. The number of pyridine rings is 1. The van der Waals surface area contributed by atoms with Crippen LogP contribution in [0.5, 0.6) is 0 Å². The number of nitrogens with one attached hydrogen (secondary N) is 2. The molecule has 0 saturated heterocycles. The first-order chi connectivity index (χ1) is 18.7. The fourth-order valence-electron chi connectivity index (χ4n) is 5.35. The Kier molecular flexibility index (Phi) is 6.10. The second-order valence-electron chi connectivity index (χ2n) is 10.6. The average molecular weight is 534 g/mol. The smallest absolute Gasteiger partial charge is 0.253 e. The number of hydrogen-bond donors (Lipinski definition) is 2. The van der Waals surface area contributed by atoms with E-state index in [0.29, 0.717) is 11.2 Å². The second-order valence-corrected chi connectivity index (χ2v) is 11.4. The quantitative estimate of drug-likeness (QED) is 0.324. The molecule has 3 heterocycles. The van der Waals surface area contributed by atoms with Crippen LogP contribution < -0.4 is 10.6 Å². The van der Waals surface area contributed by atoms with Crippen molar-refractivity contribution < 1.29 is 9.59 Å². The first-order valence-corrected chi connectivity index (χ1v) is 13.6. The highest BCUT2D eigenvalue weighted by atomic mass is 28.1. The van der Waals surface area contributed by atoms with Crippen molar-refractivity contribution in [2.24, 2.45) is 13.0 Å². The maximum absolute atomic E-state index is 13.7. The van der Waals surface area contributed by atoms with E-state index in [1.165, 1.54) is 5.56 Å². The van der Waals surface area contributed by atoms with Crippen LogP contribution in [-0.2, 0) is 23.4 Å². The zero-order chi connectivity index (χ0) is 27.3. The van der Waals surface area contributed by atoms with Gasteiger partial charge in [-0.25, -0.2) is 4.52 Å². The Labute approximate surface area is 229 Å². The molecule has 0 bridgehead atoms. The van der Waals surface area contributed by atoms with Crippen molar-refractivity contribution in [1.29, 1.82) is 0 Å². The minimum Gasteiger partial charge on any atom is -0.350 e. The van der Waals surface area contributed by atoms with Crippen molar-refractivity contribution >= 4 is 44.6 Å². The van der Waals surface area contributed by atoms with Gasteiger partial charge in [-0.15, -0.1) is 5.10 Å². The molecule has 0 unspecified atom stereocenters. The molecule has 0 saturated carbocycles. The standard InChI is InChI=1S/C30H29N6O2Si/c1-18(2)27(37)32-29-31-26-16-21(12-14-36(26)34-29)20-10-11-25-22(15-20)23(17-35(25)3)28(38)33-30(39)13-6-8-19-7-4-5-9-24(19)30/h4-5,7,9-12,14-18H,6,8,13H2,1-3H3,(H,33,38)(H,32,34,37)/t30-/m0/s1. The summed E-state index contributed by atoms with van der Waals surface area (Å²) in [6, 6.07) is 18.3. The molecule has 1 aliphatic carbocycles. The molecule has 0 aliphatic heterocycles.